The standard InChI is InChI=1S/C14H21BFN3O4/c16-11-4-2-6-18-12(11)8-19-7-10(3-1-5-15(22)23)14(17,9-19)13(20)21/h2,4,6,10,22-23H,1,3,5,7-9,17H2,(H,20,21)/t10-,14-/m0/s1. The van der Waals surface area contributed by atoms with Gasteiger partial charge < -0.3 is 20.9 Å². The third-order valence-electron chi connectivity index (χ3n) is 4.31. The predicted octanol–water partition coefficient (Wildman–Crippen LogP) is -0.312. The highest BCUT2D eigenvalue weighted by Gasteiger charge is 2.49. The maximum absolute atomic E-state index is 13.7. The Hall–Kier alpha value is -1.55. The summed E-state index contributed by atoms with van der Waals surface area (Å²) in [5, 5.41) is 27.2. The molecule has 2 rings (SSSR count). The Bertz CT molecular complexity index is 563. The molecule has 0 bridgehead atoms. The summed E-state index contributed by atoms with van der Waals surface area (Å²) in [5.74, 6) is -1.88. The summed E-state index contributed by atoms with van der Waals surface area (Å²) < 4.78 is 13.7. The Balaban J connectivity index is 2.04. The van der Waals surface area contributed by atoms with Crippen molar-refractivity contribution < 1.29 is 24.3 Å². The summed E-state index contributed by atoms with van der Waals surface area (Å²) >= 11 is 0. The van der Waals surface area contributed by atoms with Crippen LogP contribution in [0.3, 0.4) is 0 Å². The largest absolute Gasteiger partial charge is 0.480 e. The number of nitrogens with two attached hydrogens (primary N) is 1. The first kappa shape index (κ1) is 17.8. The van der Waals surface area contributed by atoms with Gasteiger partial charge in [-0.1, -0.05) is 6.42 Å². The monoisotopic (exact) mass is 325 g/mol. The fourth-order valence-corrected chi connectivity index (χ4v) is 3.04. The van der Waals surface area contributed by atoms with Gasteiger partial charge in [-0.3, -0.25) is 14.7 Å². The van der Waals surface area contributed by atoms with E-state index in [9.17, 15) is 14.3 Å². The van der Waals surface area contributed by atoms with E-state index in [1.165, 1.54) is 18.3 Å². The van der Waals surface area contributed by atoms with Gasteiger partial charge in [-0.25, -0.2) is 4.39 Å². The molecule has 1 aliphatic rings. The number of aliphatic carboxylic acids is 1. The fourth-order valence-electron chi connectivity index (χ4n) is 3.04. The van der Waals surface area contributed by atoms with Gasteiger partial charge in [0, 0.05) is 31.7 Å². The molecule has 0 saturated carbocycles. The van der Waals surface area contributed by atoms with E-state index in [0.29, 0.717) is 19.4 Å². The van der Waals surface area contributed by atoms with Crippen LogP contribution in [-0.4, -0.2) is 56.8 Å². The molecule has 1 fully saturated rings. The number of halogens is 1. The van der Waals surface area contributed by atoms with Crippen molar-refractivity contribution >= 4 is 13.1 Å². The van der Waals surface area contributed by atoms with E-state index in [4.69, 9.17) is 15.8 Å². The third-order valence-corrected chi connectivity index (χ3v) is 4.31. The fraction of sp³-hybridized carbons (Fsp3) is 0.571. The molecule has 0 aromatic carbocycles. The minimum atomic E-state index is -1.42. The van der Waals surface area contributed by atoms with E-state index >= 15 is 0 Å². The molecule has 5 N–H and O–H groups in total. The number of nitrogens with zero attached hydrogens (tertiary/aromatic N) is 2. The van der Waals surface area contributed by atoms with E-state index in [1.54, 1.807) is 4.90 Å². The molecule has 0 amide bonds. The number of hydrogen-bond donors (Lipinski definition) is 4. The van der Waals surface area contributed by atoms with Crippen LogP contribution in [0.1, 0.15) is 18.5 Å². The normalized spacial score (nSPS) is 24.8. The average Bonchev–Trinajstić information content (AvgIpc) is 2.79. The van der Waals surface area contributed by atoms with Gasteiger partial charge in [0.2, 0.25) is 0 Å². The quantitative estimate of drug-likeness (QED) is 0.508. The van der Waals surface area contributed by atoms with Gasteiger partial charge in [0.05, 0.1) is 5.69 Å². The first-order chi connectivity index (χ1) is 10.8. The average molecular weight is 325 g/mol. The molecular formula is C14H21BFN3O4. The Kier molecular flexibility index (Phi) is 5.69. The molecule has 9 heteroatoms. The first-order valence-electron chi connectivity index (χ1n) is 7.53. The van der Waals surface area contributed by atoms with Crippen molar-refractivity contribution in [2.24, 2.45) is 11.7 Å². The highest BCUT2D eigenvalue weighted by Crippen LogP contribution is 2.31. The zero-order valence-electron chi connectivity index (χ0n) is 12.7. The highest BCUT2D eigenvalue weighted by molar-refractivity contribution is 6.40. The van der Waals surface area contributed by atoms with E-state index in [0.717, 1.165) is 0 Å². The van der Waals surface area contributed by atoms with Crippen molar-refractivity contribution in [2.45, 2.75) is 31.2 Å². The molecule has 0 aliphatic carbocycles. The maximum Gasteiger partial charge on any atom is 0.451 e. The minimum absolute atomic E-state index is 0.102. The molecule has 1 aliphatic heterocycles. The molecule has 0 radical (unpaired) electrons. The number of aromatic nitrogens is 1. The zero-order chi connectivity index (χ0) is 17.0. The third kappa shape index (κ3) is 4.26. The SMILES string of the molecule is N[C@@]1(C(=O)O)CN(Cc2ncccc2F)C[C@@H]1CCCB(O)O. The van der Waals surface area contributed by atoms with Crippen LogP contribution in [0.15, 0.2) is 18.3 Å². The van der Waals surface area contributed by atoms with Gasteiger partial charge in [0.15, 0.2) is 0 Å². The van der Waals surface area contributed by atoms with Crippen LogP contribution in [-0.2, 0) is 11.3 Å². The van der Waals surface area contributed by atoms with E-state index < -0.39 is 24.4 Å². The second-order valence-electron chi connectivity index (χ2n) is 6.06. The lowest BCUT2D eigenvalue weighted by atomic mass is 9.78. The molecule has 126 valence electrons. The molecule has 1 saturated heterocycles. The zero-order valence-corrected chi connectivity index (χ0v) is 12.7. The van der Waals surface area contributed by atoms with E-state index in [1.807, 2.05) is 0 Å². The van der Waals surface area contributed by atoms with Crippen molar-refractivity contribution in [1.29, 1.82) is 0 Å². The number of likely N-dealkylation sites (tertiary alicyclic amines) is 1. The van der Waals surface area contributed by atoms with Gasteiger partial charge in [0.25, 0.3) is 0 Å². The van der Waals surface area contributed by atoms with Crippen molar-refractivity contribution in [2.75, 3.05) is 13.1 Å². The highest BCUT2D eigenvalue weighted by atomic mass is 19.1. The van der Waals surface area contributed by atoms with Crippen LogP contribution in [0.4, 0.5) is 4.39 Å². The van der Waals surface area contributed by atoms with Gasteiger partial charge in [-0.05, 0) is 24.9 Å². The molecule has 2 heterocycles. The topological polar surface area (TPSA) is 120 Å². The molecule has 7 nitrogen and oxygen atoms in total. The van der Waals surface area contributed by atoms with Crippen LogP contribution in [0.5, 0.6) is 0 Å². The summed E-state index contributed by atoms with van der Waals surface area (Å²) in [6.45, 7) is 0.697. The van der Waals surface area contributed by atoms with Crippen LogP contribution in [0.25, 0.3) is 0 Å². The number of carbonyl (C=O) groups is 1. The van der Waals surface area contributed by atoms with Crippen molar-refractivity contribution in [3.05, 3.63) is 29.8 Å². The minimum Gasteiger partial charge on any atom is -0.480 e. The molecule has 23 heavy (non-hydrogen) atoms. The Morgan fingerprint density at radius 1 is 1.57 bits per heavy atom. The molecular weight excluding hydrogens is 304 g/mol. The summed E-state index contributed by atoms with van der Waals surface area (Å²) in [5.41, 5.74) is 4.90. The number of rotatable bonds is 7. The number of pyridine rings is 1. The lowest BCUT2D eigenvalue weighted by Gasteiger charge is -2.25. The molecule has 1 aromatic heterocycles. The first-order valence-corrected chi connectivity index (χ1v) is 7.53. The van der Waals surface area contributed by atoms with Crippen LogP contribution in [0.2, 0.25) is 6.32 Å². The van der Waals surface area contributed by atoms with Gasteiger partial charge >= 0.3 is 13.1 Å². The van der Waals surface area contributed by atoms with Gasteiger partial charge in [-0.15, -0.1) is 0 Å². The Morgan fingerprint density at radius 2 is 2.30 bits per heavy atom. The van der Waals surface area contributed by atoms with E-state index in [-0.39, 0.29) is 31.0 Å². The molecule has 1 aromatic rings. The summed E-state index contributed by atoms with van der Waals surface area (Å²) in [7, 11) is -1.41. The summed E-state index contributed by atoms with van der Waals surface area (Å²) in [4.78, 5) is 17.3. The lowest BCUT2D eigenvalue weighted by Crippen LogP contribution is -2.54. The van der Waals surface area contributed by atoms with Gasteiger partial charge in [-0.2, -0.15) is 0 Å². The molecule has 0 spiro atoms. The molecule has 2 atom stereocenters. The van der Waals surface area contributed by atoms with Crippen LogP contribution >= 0.6 is 0 Å². The Labute approximate surface area is 134 Å². The number of carboxylic acid groups (broad SMARTS) is 1. The van der Waals surface area contributed by atoms with Gasteiger partial charge in [0.1, 0.15) is 11.4 Å². The summed E-state index contributed by atoms with van der Waals surface area (Å²) in [6, 6.07) is 2.81. The lowest BCUT2D eigenvalue weighted by molar-refractivity contribution is -0.144. The predicted molar refractivity (Wildman–Crippen MR) is 81.7 cm³/mol. The second kappa shape index (κ2) is 7.35. The van der Waals surface area contributed by atoms with Crippen LogP contribution < -0.4 is 5.73 Å². The second-order valence-corrected chi connectivity index (χ2v) is 6.06. The summed E-state index contributed by atoms with van der Waals surface area (Å²) in [6.07, 6.45) is 2.57. The van der Waals surface area contributed by atoms with Crippen molar-refractivity contribution in [3.8, 4) is 0 Å². The van der Waals surface area contributed by atoms with Crippen molar-refractivity contribution in [1.82, 2.24) is 9.88 Å². The smallest absolute Gasteiger partial charge is 0.451 e. The van der Waals surface area contributed by atoms with Crippen molar-refractivity contribution in [3.63, 3.8) is 0 Å². The Morgan fingerprint density at radius 3 is 2.91 bits per heavy atom. The van der Waals surface area contributed by atoms with E-state index in [2.05, 4.69) is 4.98 Å². The molecule has 0 unspecified atom stereocenters. The maximum atomic E-state index is 13.7. The van der Waals surface area contributed by atoms with Crippen LogP contribution in [0, 0.1) is 11.7 Å². The number of hydrogen-bond acceptors (Lipinski definition) is 6. The number of carboxylic acids is 1.